The largest absolute Gasteiger partial charge is 0.488 e. The Hall–Kier alpha value is -4.64. The molecule has 0 saturated heterocycles. The zero-order valence-corrected chi connectivity index (χ0v) is 24.7. The molecule has 12 heteroatoms. The minimum absolute atomic E-state index is 0.0761. The molecule has 42 heavy (non-hydrogen) atoms. The van der Waals surface area contributed by atoms with Crippen molar-refractivity contribution in [1.29, 1.82) is 0 Å². The van der Waals surface area contributed by atoms with Gasteiger partial charge in [-0.05, 0) is 70.9 Å². The Balaban J connectivity index is 1.49. The number of carbonyl (C=O) groups excluding carboxylic acids is 1. The van der Waals surface area contributed by atoms with Crippen LogP contribution in [0.5, 0.6) is 5.75 Å². The van der Waals surface area contributed by atoms with Gasteiger partial charge in [-0.3, -0.25) is 5.10 Å². The van der Waals surface area contributed by atoms with Crippen LogP contribution in [0.2, 0.25) is 5.02 Å². The Morgan fingerprint density at radius 3 is 2.69 bits per heavy atom. The second-order valence-corrected chi connectivity index (χ2v) is 11.4. The summed E-state index contributed by atoms with van der Waals surface area (Å²) in [6.45, 7) is 9.21. The molecule has 0 spiro atoms. The molecule has 5 aromatic rings. The smallest absolute Gasteiger partial charge is 0.408 e. The normalized spacial score (nSPS) is 12.3. The summed E-state index contributed by atoms with van der Waals surface area (Å²) < 4.78 is 17.2. The van der Waals surface area contributed by atoms with E-state index >= 15 is 0 Å². The number of aromatic amines is 1. The number of hydrogen-bond acceptors (Lipinski definition) is 9. The number of H-pyrrole nitrogens is 1. The van der Waals surface area contributed by atoms with Crippen LogP contribution in [0.1, 0.15) is 37.8 Å². The highest BCUT2D eigenvalue weighted by Crippen LogP contribution is 2.37. The van der Waals surface area contributed by atoms with Crippen LogP contribution in [-0.2, 0) is 11.2 Å². The number of carbonyl (C=O) groups is 1. The maximum atomic E-state index is 12.7. The van der Waals surface area contributed by atoms with Gasteiger partial charge in [-0.25, -0.2) is 19.7 Å². The van der Waals surface area contributed by atoms with Gasteiger partial charge in [-0.2, -0.15) is 5.10 Å². The van der Waals surface area contributed by atoms with Gasteiger partial charge in [0.05, 0.1) is 35.6 Å². The van der Waals surface area contributed by atoms with E-state index in [1.807, 2.05) is 38.1 Å². The topological polar surface area (TPSA) is 154 Å². The van der Waals surface area contributed by atoms with Crippen LogP contribution in [0.4, 0.5) is 10.6 Å². The molecule has 11 nitrogen and oxygen atoms in total. The predicted octanol–water partition coefficient (Wildman–Crippen LogP) is 6.04. The second-order valence-electron chi connectivity index (χ2n) is 10.9. The number of pyridine rings is 1. The SMILES string of the molecule is Cc1occc1-c1nc(N)c(OCC(Cc2cccc(Cl)c2)NC(=O)OC(C)(C)C)cc1-c1cnc2n[nH]c(C)c2n1. The van der Waals surface area contributed by atoms with E-state index in [1.54, 1.807) is 45.4 Å². The number of nitrogens with one attached hydrogen (secondary N) is 2. The number of amides is 1. The zero-order chi connectivity index (χ0) is 30.0. The number of aromatic nitrogens is 5. The first-order valence-corrected chi connectivity index (χ1v) is 13.7. The van der Waals surface area contributed by atoms with Crippen LogP contribution in [0, 0.1) is 13.8 Å². The summed E-state index contributed by atoms with van der Waals surface area (Å²) in [5.41, 5.74) is 11.2. The van der Waals surface area contributed by atoms with Crippen molar-refractivity contribution in [2.75, 3.05) is 12.3 Å². The van der Waals surface area contributed by atoms with Crippen molar-refractivity contribution < 1.29 is 18.7 Å². The van der Waals surface area contributed by atoms with E-state index in [2.05, 4.69) is 20.5 Å². The third-order valence-electron chi connectivity index (χ3n) is 6.38. The summed E-state index contributed by atoms with van der Waals surface area (Å²) in [6.07, 6.45) is 3.10. The van der Waals surface area contributed by atoms with Gasteiger partial charge in [0, 0.05) is 16.1 Å². The van der Waals surface area contributed by atoms with Crippen molar-refractivity contribution >= 4 is 34.7 Å². The lowest BCUT2D eigenvalue weighted by Gasteiger charge is -2.24. The summed E-state index contributed by atoms with van der Waals surface area (Å²) in [5, 5.41) is 10.6. The summed E-state index contributed by atoms with van der Waals surface area (Å²) in [6, 6.07) is 10.5. The molecule has 0 fully saturated rings. The summed E-state index contributed by atoms with van der Waals surface area (Å²) >= 11 is 6.21. The van der Waals surface area contributed by atoms with Gasteiger partial charge in [0.25, 0.3) is 0 Å². The zero-order valence-electron chi connectivity index (χ0n) is 24.0. The minimum Gasteiger partial charge on any atom is -0.488 e. The van der Waals surface area contributed by atoms with Gasteiger partial charge in [0.1, 0.15) is 23.5 Å². The lowest BCUT2D eigenvalue weighted by Crippen LogP contribution is -2.43. The lowest BCUT2D eigenvalue weighted by molar-refractivity contribution is 0.0488. The van der Waals surface area contributed by atoms with Gasteiger partial charge >= 0.3 is 6.09 Å². The number of aryl methyl sites for hydroxylation is 2. The molecule has 0 aliphatic heterocycles. The molecule has 5 rings (SSSR count). The van der Waals surface area contributed by atoms with Crippen molar-refractivity contribution in [1.82, 2.24) is 30.5 Å². The average Bonchev–Trinajstić information content (AvgIpc) is 3.51. The van der Waals surface area contributed by atoms with E-state index in [0.717, 1.165) is 16.8 Å². The molecule has 0 aliphatic carbocycles. The summed E-state index contributed by atoms with van der Waals surface area (Å²) in [5.74, 6) is 1.16. The monoisotopic (exact) mass is 589 g/mol. The van der Waals surface area contributed by atoms with E-state index in [0.29, 0.717) is 51.1 Å². The second kappa shape index (κ2) is 11.7. The number of hydrogen-bond donors (Lipinski definition) is 3. The molecule has 4 N–H and O–H groups in total. The number of nitrogen functional groups attached to an aromatic ring is 1. The highest BCUT2D eigenvalue weighted by molar-refractivity contribution is 6.30. The number of anilines is 1. The number of benzene rings is 1. The fourth-order valence-corrected chi connectivity index (χ4v) is 4.67. The number of furan rings is 1. The molecular weight excluding hydrogens is 558 g/mol. The summed E-state index contributed by atoms with van der Waals surface area (Å²) in [7, 11) is 0. The Labute approximate surface area is 247 Å². The van der Waals surface area contributed by atoms with E-state index in [9.17, 15) is 4.79 Å². The number of ether oxygens (including phenoxy) is 2. The van der Waals surface area contributed by atoms with Crippen LogP contribution in [0.25, 0.3) is 33.7 Å². The third-order valence-corrected chi connectivity index (χ3v) is 6.61. The molecule has 1 unspecified atom stereocenters. The molecule has 1 aromatic carbocycles. The van der Waals surface area contributed by atoms with E-state index < -0.39 is 17.7 Å². The molecule has 1 atom stereocenters. The number of rotatable bonds is 8. The van der Waals surface area contributed by atoms with E-state index in [4.69, 9.17) is 41.2 Å². The Morgan fingerprint density at radius 1 is 1.17 bits per heavy atom. The highest BCUT2D eigenvalue weighted by atomic mass is 35.5. The number of nitrogens with zero attached hydrogens (tertiary/aromatic N) is 4. The van der Waals surface area contributed by atoms with Gasteiger partial charge < -0.3 is 24.9 Å². The quantitative estimate of drug-likeness (QED) is 0.196. The lowest BCUT2D eigenvalue weighted by atomic mass is 10.0. The molecule has 1 amide bonds. The maximum absolute atomic E-state index is 12.7. The first-order chi connectivity index (χ1) is 20.0. The van der Waals surface area contributed by atoms with Crippen molar-refractivity contribution in [2.24, 2.45) is 0 Å². The van der Waals surface area contributed by atoms with Crippen LogP contribution in [0.3, 0.4) is 0 Å². The van der Waals surface area contributed by atoms with Gasteiger partial charge in [0.2, 0.25) is 0 Å². The number of halogens is 1. The maximum Gasteiger partial charge on any atom is 0.408 e. The van der Waals surface area contributed by atoms with Crippen molar-refractivity contribution in [3.05, 3.63) is 70.9 Å². The first-order valence-electron chi connectivity index (χ1n) is 13.4. The number of nitrogens with two attached hydrogens (primary N) is 1. The third kappa shape index (κ3) is 6.63. The van der Waals surface area contributed by atoms with Crippen molar-refractivity contribution in [3.63, 3.8) is 0 Å². The Kier molecular flexibility index (Phi) is 8.04. The standard InChI is InChI=1S/C30H32ClN7O4/c1-16-25-28(38-37-16)33-14-23(35-25)22-13-24(27(32)36-26(22)21-9-10-40-17(21)2)41-15-20(34-29(39)42-30(3,4)5)12-18-7-6-8-19(31)11-18/h6-11,13-14,20H,12,15H2,1-5H3,(H2,32,36)(H,34,39)(H,33,37,38). The summed E-state index contributed by atoms with van der Waals surface area (Å²) in [4.78, 5) is 26.6. The number of fused-ring (bicyclic) bond motifs is 1. The fourth-order valence-electron chi connectivity index (χ4n) is 4.46. The highest BCUT2D eigenvalue weighted by Gasteiger charge is 2.23. The average molecular weight is 590 g/mol. The molecule has 0 aliphatic rings. The molecule has 4 aromatic heterocycles. The molecule has 0 saturated carbocycles. The van der Waals surface area contributed by atoms with Gasteiger partial charge in [-0.1, -0.05) is 23.7 Å². The Morgan fingerprint density at radius 2 is 1.98 bits per heavy atom. The number of alkyl carbamates (subject to hydrolysis) is 1. The minimum atomic E-state index is -0.661. The van der Waals surface area contributed by atoms with E-state index in [-0.39, 0.29) is 12.4 Å². The van der Waals surface area contributed by atoms with Crippen molar-refractivity contribution in [3.8, 4) is 28.3 Å². The van der Waals surface area contributed by atoms with E-state index in [1.165, 1.54) is 0 Å². The van der Waals surface area contributed by atoms with Crippen LogP contribution < -0.4 is 15.8 Å². The van der Waals surface area contributed by atoms with Crippen LogP contribution in [0.15, 0.2) is 53.3 Å². The van der Waals surface area contributed by atoms with Crippen molar-refractivity contribution in [2.45, 2.75) is 52.7 Å². The van der Waals surface area contributed by atoms with Gasteiger partial charge in [-0.15, -0.1) is 0 Å². The van der Waals surface area contributed by atoms with Gasteiger partial charge in [0.15, 0.2) is 17.2 Å². The van der Waals surface area contributed by atoms with Crippen LogP contribution >= 0.6 is 11.6 Å². The molecule has 218 valence electrons. The molecular formula is C30H32ClN7O4. The first kappa shape index (κ1) is 28.9. The molecule has 0 bridgehead atoms. The molecule has 0 radical (unpaired) electrons. The molecule has 4 heterocycles. The van der Waals surface area contributed by atoms with Crippen LogP contribution in [-0.4, -0.2) is 49.5 Å². The predicted molar refractivity (Wildman–Crippen MR) is 160 cm³/mol. The fraction of sp³-hybridized carbons (Fsp3) is 0.300. The Bertz CT molecular complexity index is 1740.